The van der Waals surface area contributed by atoms with Crippen molar-refractivity contribution in [3.63, 3.8) is 0 Å². The van der Waals surface area contributed by atoms with E-state index in [1.807, 2.05) is 33.2 Å². The van der Waals surface area contributed by atoms with Crippen LogP contribution in [0.25, 0.3) is 0 Å². The Morgan fingerprint density at radius 2 is 2.10 bits per heavy atom. The molecule has 5 nitrogen and oxygen atoms in total. The fourth-order valence-electron chi connectivity index (χ4n) is 4.59. The minimum Gasteiger partial charge on any atom is -0.368 e. The van der Waals surface area contributed by atoms with Crippen LogP contribution in [0.4, 0.5) is 0 Å². The molecule has 160 valence electrons. The summed E-state index contributed by atoms with van der Waals surface area (Å²) in [5.74, 6) is 0.950. The number of rotatable bonds is 5. The Morgan fingerprint density at radius 3 is 2.87 bits per heavy atom. The van der Waals surface area contributed by atoms with Gasteiger partial charge < -0.3 is 5.32 Å². The molecule has 1 aromatic carbocycles. The average molecular weight is 407 g/mol. The molecule has 0 saturated heterocycles. The van der Waals surface area contributed by atoms with Gasteiger partial charge in [0.2, 0.25) is 0 Å². The minimum atomic E-state index is -0.405. The molecule has 4 unspecified atom stereocenters. The molecule has 3 heterocycles. The van der Waals surface area contributed by atoms with Crippen molar-refractivity contribution in [3.8, 4) is 0 Å². The third-order valence-corrected chi connectivity index (χ3v) is 6.45. The van der Waals surface area contributed by atoms with E-state index in [9.17, 15) is 4.79 Å². The van der Waals surface area contributed by atoms with Crippen LogP contribution < -0.4 is 10.6 Å². The summed E-state index contributed by atoms with van der Waals surface area (Å²) in [6.45, 7) is 9.15. The number of benzene rings is 1. The number of aliphatic imine (C=N–C) groups is 2. The standard InChI is InChI=1S/C25H34N4O/c1-5-16-9-10-26-19(12-16)13-17-7-6-8-18(11-17)21-15-28-24-22(29-21)20(14-27-24)23(30)25(2,3)4/h6-8,11,14-16,21-22,24,27,29H,5,9-10,12-13H2,1-4H3. The highest BCUT2D eigenvalue weighted by Crippen LogP contribution is 2.30. The van der Waals surface area contributed by atoms with Gasteiger partial charge in [-0.2, -0.15) is 0 Å². The van der Waals surface area contributed by atoms with E-state index in [1.54, 1.807) is 0 Å². The quantitative estimate of drug-likeness (QED) is 0.777. The van der Waals surface area contributed by atoms with E-state index in [0.29, 0.717) is 0 Å². The molecule has 0 aliphatic carbocycles. The maximum Gasteiger partial charge on any atom is 0.167 e. The predicted molar refractivity (Wildman–Crippen MR) is 123 cm³/mol. The lowest BCUT2D eigenvalue weighted by atomic mass is 9.83. The maximum atomic E-state index is 12.9. The molecule has 2 N–H and O–H groups in total. The Hall–Kier alpha value is -2.27. The van der Waals surface area contributed by atoms with Gasteiger partial charge in [-0.15, -0.1) is 0 Å². The lowest BCUT2D eigenvalue weighted by Crippen LogP contribution is -2.49. The van der Waals surface area contributed by atoms with Gasteiger partial charge in [-0.1, -0.05) is 58.4 Å². The van der Waals surface area contributed by atoms with Crippen molar-refractivity contribution in [2.24, 2.45) is 21.3 Å². The van der Waals surface area contributed by atoms with E-state index in [1.165, 1.54) is 29.7 Å². The van der Waals surface area contributed by atoms with Crippen molar-refractivity contribution >= 4 is 17.7 Å². The molecule has 3 aliphatic heterocycles. The molecule has 0 spiro atoms. The van der Waals surface area contributed by atoms with Crippen molar-refractivity contribution in [2.75, 3.05) is 6.54 Å². The van der Waals surface area contributed by atoms with Crippen LogP contribution in [0.1, 0.15) is 64.1 Å². The Kier molecular flexibility index (Phi) is 5.92. The second-order valence-electron chi connectivity index (χ2n) is 9.85. The molecule has 0 radical (unpaired) electrons. The van der Waals surface area contributed by atoms with Crippen molar-refractivity contribution < 1.29 is 4.79 Å². The Morgan fingerprint density at radius 1 is 1.27 bits per heavy atom. The van der Waals surface area contributed by atoms with E-state index >= 15 is 0 Å². The largest absolute Gasteiger partial charge is 0.368 e. The number of ketones is 1. The number of nitrogens with zero attached hydrogens (tertiary/aromatic N) is 2. The number of carbonyl (C=O) groups excluding carboxylic acids is 1. The van der Waals surface area contributed by atoms with Gasteiger partial charge in [0.05, 0.1) is 12.1 Å². The third-order valence-electron chi connectivity index (χ3n) is 6.45. The zero-order valence-electron chi connectivity index (χ0n) is 18.6. The van der Waals surface area contributed by atoms with E-state index in [-0.39, 0.29) is 24.0 Å². The summed E-state index contributed by atoms with van der Waals surface area (Å²) in [4.78, 5) is 22.4. The number of hydrogen-bond donors (Lipinski definition) is 2. The summed E-state index contributed by atoms with van der Waals surface area (Å²) in [5, 5.41) is 6.90. The highest BCUT2D eigenvalue weighted by Gasteiger charge is 2.40. The van der Waals surface area contributed by atoms with Gasteiger partial charge in [0.15, 0.2) is 5.78 Å². The van der Waals surface area contributed by atoms with Crippen LogP contribution in [-0.2, 0) is 11.2 Å². The molecule has 4 atom stereocenters. The fraction of sp³-hybridized carbons (Fsp3) is 0.560. The van der Waals surface area contributed by atoms with Crippen LogP contribution in [0.2, 0.25) is 0 Å². The Bertz CT molecular complexity index is 893. The smallest absolute Gasteiger partial charge is 0.167 e. The lowest BCUT2D eigenvalue weighted by Gasteiger charge is -2.31. The van der Waals surface area contributed by atoms with Crippen LogP contribution in [0.3, 0.4) is 0 Å². The molecule has 0 saturated carbocycles. The normalized spacial score (nSPS) is 28.4. The molecule has 5 heteroatoms. The van der Waals surface area contributed by atoms with Gasteiger partial charge in [0, 0.05) is 42.1 Å². The number of nitrogens with one attached hydrogen (secondary N) is 2. The summed E-state index contributed by atoms with van der Waals surface area (Å²) in [7, 11) is 0. The van der Waals surface area contributed by atoms with Crippen molar-refractivity contribution in [2.45, 2.75) is 71.6 Å². The van der Waals surface area contributed by atoms with Gasteiger partial charge in [-0.25, -0.2) is 0 Å². The number of hydrogen-bond acceptors (Lipinski definition) is 5. The summed E-state index contributed by atoms with van der Waals surface area (Å²) >= 11 is 0. The molecule has 0 bridgehead atoms. The van der Waals surface area contributed by atoms with Crippen LogP contribution in [0.15, 0.2) is 46.0 Å². The first kappa shape index (κ1) is 21.0. The molecule has 30 heavy (non-hydrogen) atoms. The molecule has 1 aromatic rings. The zero-order valence-corrected chi connectivity index (χ0v) is 18.6. The van der Waals surface area contributed by atoms with Gasteiger partial charge >= 0.3 is 0 Å². The van der Waals surface area contributed by atoms with E-state index in [0.717, 1.165) is 30.9 Å². The maximum absolute atomic E-state index is 12.9. The Labute approximate surface area is 180 Å². The minimum absolute atomic E-state index is 0.000969. The van der Waals surface area contributed by atoms with Gasteiger partial charge in [0.25, 0.3) is 0 Å². The first-order chi connectivity index (χ1) is 14.3. The van der Waals surface area contributed by atoms with E-state index in [4.69, 9.17) is 9.98 Å². The van der Waals surface area contributed by atoms with Crippen LogP contribution in [0.5, 0.6) is 0 Å². The highest BCUT2D eigenvalue weighted by molar-refractivity contribution is 6.01. The molecule has 0 fully saturated rings. The lowest BCUT2D eigenvalue weighted by molar-refractivity contribution is -0.122. The first-order valence-electron chi connectivity index (χ1n) is 11.3. The van der Waals surface area contributed by atoms with Crippen molar-refractivity contribution in [1.82, 2.24) is 10.6 Å². The van der Waals surface area contributed by atoms with Gasteiger partial charge in [-0.3, -0.25) is 20.1 Å². The summed E-state index contributed by atoms with van der Waals surface area (Å²) < 4.78 is 0. The van der Waals surface area contributed by atoms with Crippen molar-refractivity contribution in [1.29, 1.82) is 0 Å². The fourth-order valence-corrected chi connectivity index (χ4v) is 4.59. The topological polar surface area (TPSA) is 65.8 Å². The number of Topliss-reactive ketones (excluding diaryl/α,β-unsaturated/α-hetero) is 1. The number of fused-ring (bicyclic) bond motifs is 1. The molecular weight excluding hydrogens is 372 g/mol. The predicted octanol–water partition coefficient (Wildman–Crippen LogP) is 4.00. The summed E-state index contributed by atoms with van der Waals surface area (Å²) in [6.07, 6.45) is 8.23. The molecule has 0 aromatic heterocycles. The SMILES string of the molecule is CCC1CCN=C(Cc2cccc(C3C=NC4NC=C(C(=O)C(C)(C)C)C4N3)c2)C1. The number of carbonyl (C=O) groups is 1. The second-order valence-corrected chi connectivity index (χ2v) is 9.85. The van der Waals surface area contributed by atoms with Gasteiger partial charge in [-0.05, 0) is 29.9 Å². The summed E-state index contributed by atoms with van der Waals surface area (Å²) in [6, 6.07) is 8.62. The molecule has 3 aliphatic rings. The van der Waals surface area contributed by atoms with Crippen molar-refractivity contribution in [3.05, 3.63) is 47.2 Å². The Balaban J connectivity index is 1.48. The van der Waals surface area contributed by atoms with Crippen LogP contribution in [0, 0.1) is 11.3 Å². The molecular formula is C25H34N4O. The second kappa shape index (κ2) is 8.46. The van der Waals surface area contributed by atoms with E-state index < -0.39 is 5.41 Å². The van der Waals surface area contributed by atoms with Gasteiger partial charge in [0.1, 0.15) is 6.17 Å². The van der Waals surface area contributed by atoms with Crippen LogP contribution in [-0.4, -0.2) is 36.5 Å². The van der Waals surface area contributed by atoms with E-state index in [2.05, 4.69) is 41.8 Å². The highest BCUT2D eigenvalue weighted by atomic mass is 16.1. The molecule has 0 amide bonds. The van der Waals surface area contributed by atoms with Crippen LogP contribution >= 0.6 is 0 Å². The summed E-state index contributed by atoms with van der Waals surface area (Å²) in [5.41, 5.74) is 4.21. The third kappa shape index (κ3) is 4.41. The monoisotopic (exact) mass is 406 g/mol. The molecule has 4 rings (SSSR count). The first-order valence-corrected chi connectivity index (χ1v) is 11.3. The average Bonchev–Trinajstić information content (AvgIpc) is 3.16. The zero-order chi connectivity index (χ0) is 21.3.